The van der Waals surface area contributed by atoms with Gasteiger partial charge in [-0.05, 0) is 18.2 Å². The van der Waals surface area contributed by atoms with Crippen LogP contribution in [0.4, 0.5) is 5.69 Å². The molecule has 0 aliphatic rings. The van der Waals surface area contributed by atoms with Crippen LogP contribution in [0.15, 0.2) is 35.6 Å². The van der Waals surface area contributed by atoms with E-state index in [0.717, 1.165) is 0 Å². The van der Waals surface area contributed by atoms with Gasteiger partial charge in [-0.25, -0.2) is 13.4 Å². The summed E-state index contributed by atoms with van der Waals surface area (Å²) in [5, 5.41) is 8.44. The Hall–Kier alpha value is -2.39. The standard InChI is InChI=1S/C15H16ClN5O3S/c1-9(2)14-18-19-15-11(7-17-8-21(14)15)20-25(22,23)13-6-10(16)4-5-12(13)24-3/h4-9,20H,1-3H3. The maximum atomic E-state index is 12.8. The summed E-state index contributed by atoms with van der Waals surface area (Å²) in [6.07, 6.45) is 2.92. The Labute approximate surface area is 149 Å². The summed E-state index contributed by atoms with van der Waals surface area (Å²) in [6.45, 7) is 3.92. The second kappa shape index (κ2) is 6.49. The fraction of sp³-hybridized carbons (Fsp3) is 0.267. The van der Waals surface area contributed by atoms with E-state index in [4.69, 9.17) is 16.3 Å². The Morgan fingerprint density at radius 3 is 2.72 bits per heavy atom. The molecule has 3 aromatic rings. The van der Waals surface area contributed by atoms with Gasteiger partial charge in [0.05, 0.1) is 13.3 Å². The molecule has 0 radical (unpaired) electrons. The zero-order chi connectivity index (χ0) is 18.2. The molecular formula is C15H16ClN5O3S. The second-order valence-corrected chi connectivity index (χ2v) is 7.70. The number of hydrogen-bond donors (Lipinski definition) is 1. The minimum atomic E-state index is -3.96. The maximum absolute atomic E-state index is 12.8. The number of nitrogens with zero attached hydrogens (tertiary/aromatic N) is 4. The minimum absolute atomic E-state index is 0.0758. The fourth-order valence-electron chi connectivity index (χ4n) is 2.36. The molecule has 0 amide bonds. The lowest BCUT2D eigenvalue weighted by molar-refractivity contribution is 0.403. The maximum Gasteiger partial charge on any atom is 0.265 e. The Balaban J connectivity index is 2.08. The molecule has 2 heterocycles. The normalized spacial score (nSPS) is 11.9. The van der Waals surface area contributed by atoms with Crippen LogP contribution in [0.25, 0.3) is 5.65 Å². The summed E-state index contributed by atoms with van der Waals surface area (Å²) < 4.78 is 34.8. The zero-order valence-corrected chi connectivity index (χ0v) is 15.3. The van der Waals surface area contributed by atoms with Gasteiger partial charge in [0, 0.05) is 10.9 Å². The molecule has 2 aromatic heterocycles. The highest BCUT2D eigenvalue weighted by molar-refractivity contribution is 7.92. The molecule has 3 rings (SSSR count). The van der Waals surface area contributed by atoms with Gasteiger partial charge < -0.3 is 4.74 Å². The van der Waals surface area contributed by atoms with Crippen LogP contribution in [-0.2, 0) is 10.0 Å². The van der Waals surface area contributed by atoms with Gasteiger partial charge in [-0.1, -0.05) is 25.4 Å². The molecule has 0 aliphatic carbocycles. The van der Waals surface area contributed by atoms with Crippen molar-refractivity contribution < 1.29 is 13.2 Å². The van der Waals surface area contributed by atoms with Crippen molar-refractivity contribution in [3.8, 4) is 5.75 Å². The van der Waals surface area contributed by atoms with Crippen molar-refractivity contribution >= 4 is 33.0 Å². The minimum Gasteiger partial charge on any atom is -0.495 e. The van der Waals surface area contributed by atoms with Gasteiger partial charge in [0.2, 0.25) is 0 Å². The van der Waals surface area contributed by atoms with Crippen LogP contribution in [-0.4, -0.2) is 35.1 Å². The molecule has 10 heteroatoms. The third-order valence-electron chi connectivity index (χ3n) is 3.52. The lowest BCUT2D eigenvalue weighted by atomic mass is 10.2. The van der Waals surface area contributed by atoms with E-state index >= 15 is 0 Å². The summed E-state index contributed by atoms with van der Waals surface area (Å²) in [6, 6.07) is 4.36. The molecule has 0 aliphatic heterocycles. The summed E-state index contributed by atoms with van der Waals surface area (Å²) >= 11 is 5.93. The number of hydrogen-bond acceptors (Lipinski definition) is 6. The van der Waals surface area contributed by atoms with Gasteiger partial charge in [0.1, 0.15) is 28.5 Å². The number of benzene rings is 1. The van der Waals surface area contributed by atoms with Crippen LogP contribution in [0, 0.1) is 0 Å². The molecule has 0 atom stereocenters. The average molecular weight is 382 g/mol. The third kappa shape index (κ3) is 3.24. The number of halogens is 1. The molecule has 0 saturated heterocycles. The first-order chi connectivity index (χ1) is 11.8. The lowest BCUT2D eigenvalue weighted by Crippen LogP contribution is -2.15. The Morgan fingerprint density at radius 2 is 2.04 bits per heavy atom. The molecule has 1 N–H and O–H groups in total. The smallest absolute Gasteiger partial charge is 0.265 e. The van der Waals surface area contributed by atoms with Crippen molar-refractivity contribution in [1.29, 1.82) is 0 Å². The molecule has 132 valence electrons. The Morgan fingerprint density at radius 1 is 1.28 bits per heavy atom. The van der Waals surface area contributed by atoms with Crippen molar-refractivity contribution in [2.75, 3.05) is 11.8 Å². The monoisotopic (exact) mass is 381 g/mol. The SMILES string of the molecule is COc1ccc(Cl)cc1S(=O)(=O)Nc1cncn2c(C(C)C)nnc12. The molecule has 0 spiro atoms. The van der Waals surface area contributed by atoms with Crippen LogP contribution in [0.3, 0.4) is 0 Å². The topological polar surface area (TPSA) is 98.5 Å². The average Bonchev–Trinajstić information content (AvgIpc) is 3.00. The summed E-state index contributed by atoms with van der Waals surface area (Å²) in [5.74, 6) is 0.974. The number of methoxy groups -OCH3 is 1. The van der Waals surface area contributed by atoms with Crippen LogP contribution in [0.2, 0.25) is 5.02 Å². The predicted molar refractivity (Wildman–Crippen MR) is 93.7 cm³/mol. The first-order valence-corrected chi connectivity index (χ1v) is 9.24. The second-order valence-electron chi connectivity index (χ2n) is 5.61. The number of anilines is 1. The first kappa shape index (κ1) is 17.4. The number of nitrogens with one attached hydrogen (secondary N) is 1. The van der Waals surface area contributed by atoms with Crippen molar-refractivity contribution in [3.63, 3.8) is 0 Å². The van der Waals surface area contributed by atoms with Crippen molar-refractivity contribution in [1.82, 2.24) is 19.6 Å². The molecular weight excluding hydrogens is 366 g/mol. The van der Waals surface area contributed by atoms with Crippen molar-refractivity contribution in [2.45, 2.75) is 24.7 Å². The van der Waals surface area contributed by atoms with E-state index in [1.54, 1.807) is 16.8 Å². The molecule has 8 nitrogen and oxygen atoms in total. The van der Waals surface area contributed by atoms with Gasteiger partial charge >= 0.3 is 0 Å². The Kier molecular flexibility index (Phi) is 4.53. The number of rotatable bonds is 5. The van der Waals surface area contributed by atoms with E-state index in [2.05, 4.69) is 19.9 Å². The zero-order valence-electron chi connectivity index (χ0n) is 13.8. The van der Waals surface area contributed by atoms with Crippen LogP contribution in [0.5, 0.6) is 5.75 Å². The van der Waals surface area contributed by atoms with Crippen molar-refractivity contribution in [2.24, 2.45) is 0 Å². The quantitative estimate of drug-likeness (QED) is 0.729. The number of sulfonamides is 1. The largest absolute Gasteiger partial charge is 0.495 e. The molecule has 0 fully saturated rings. The van der Waals surface area contributed by atoms with E-state index < -0.39 is 10.0 Å². The van der Waals surface area contributed by atoms with E-state index in [-0.39, 0.29) is 27.3 Å². The van der Waals surface area contributed by atoms with E-state index in [1.807, 2.05) is 13.8 Å². The Bertz CT molecular complexity index is 1030. The highest BCUT2D eigenvalue weighted by Gasteiger charge is 2.22. The molecule has 0 unspecified atom stereocenters. The van der Waals surface area contributed by atoms with Crippen LogP contribution < -0.4 is 9.46 Å². The number of fused-ring (bicyclic) bond motifs is 1. The lowest BCUT2D eigenvalue weighted by Gasteiger charge is -2.12. The van der Waals surface area contributed by atoms with E-state index in [0.29, 0.717) is 11.5 Å². The van der Waals surface area contributed by atoms with Gasteiger partial charge in [-0.2, -0.15) is 0 Å². The van der Waals surface area contributed by atoms with E-state index in [1.165, 1.54) is 25.4 Å². The fourth-order valence-corrected chi connectivity index (χ4v) is 3.84. The molecule has 0 bridgehead atoms. The molecule has 1 aromatic carbocycles. The number of aromatic nitrogens is 4. The van der Waals surface area contributed by atoms with Crippen LogP contribution in [0.1, 0.15) is 25.6 Å². The van der Waals surface area contributed by atoms with Gasteiger partial charge in [-0.3, -0.25) is 9.12 Å². The van der Waals surface area contributed by atoms with Crippen molar-refractivity contribution in [3.05, 3.63) is 41.6 Å². The van der Waals surface area contributed by atoms with Gasteiger partial charge in [0.15, 0.2) is 5.65 Å². The third-order valence-corrected chi connectivity index (χ3v) is 5.15. The predicted octanol–water partition coefficient (Wildman–Crippen LogP) is 2.71. The van der Waals surface area contributed by atoms with Gasteiger partial charge in [-0.15, -0.1) is 10.2 Å². The molecule has 25 heavy (non-hydrogen) atoms. The summed E-state index contributed by atoms with van der Waals surface area (Å²) in [5.41, 5.74) is 0.576. The summed E-state index contributed by atoms with van der Waals surface area (Å²) in [7, 11) is -2.57. The molecule has 0 saturated carbocycles. The number of ether oxygens (including phenoxy) is 1. The first-order valence-electron chi connectivity index (χ1n) is 7.38. The summed E-state index contributed by atoms with van der Waals surface area (Å²) in [4.78, 5) is 3.99. The van der Waals surface area contributed by atoms with Crippen LogP contribution >= 0.6 is 11.6 Å². The highest BCUT2D eigenvalue weighted by atomic mass is 35.5. The van der Waals surface area contributed by atoms with Gasteiger partial charge in [0.25, 0.3) is 10.0 Å². The highest BCUT2D eigenvalue weighted by Crippen LogP contribution is 2.29. The van der Waals surface area contributed by atoms with E-state index in [9.17, 15) is 8.42 Å².